The highest BCUT2D eigenvalue weighted by molar-refractivity contribution is 5.98. The lowest BCUT2D eigenvalue weighted by atomic mass is 10.0. The fourth-order valence-electron chi connectivity index (χ4n) is 3.20. The number of hydrogen-bond acceptors (Lipinski definition) is 6. The van der Waals surface area contributed by atoms with Crippen LogP contribution in [-0.2, 0) is 17.8 Å². The smallest absolute Gasteiger partial charge is 0.405 e. The van der Waals surface area contributed by atoms with Gasteiger partial charge in [0.05, 0.1) is 6.20 Å². The van der Waals surface area contributed by atoms with Gasteiger partial charge in [0.2, 0.25) is 0 Å². The van der Waals surface area contributed by atoms with E-state index >= 15 is 0 Å². The van der Waals surface area contributed by atoms with E-state index < -0.39 is 47.4 Å². The lowest BCUT2D eigenvalue weighted by molar-refractivity contribution is -0.123. The number of aromatic nitrogens is 3. The Hall–Kier alpha value is -4.03. The van der Waals surface area contributed by atoms with Crippen LogP contribution < -0.4 is 15.4 Å². The van der Waals surface area contributed by atoms with Crippen molar-refractivity contribution < 1.29 is 36.7 Å². The summed E-state index contributed by atoms with van der Waals surface area (Å²) >= 11 is 0. The summed E-state index contributed by atoms with van der Waals surface area (Å²) in [5.41, 5.74) is -0.0785. The van der Waals surface area contributed by atoms with E-state index in [0.29, 0.717) is 21.4 Å². The van der Waals surface area contributed by atoms with E-state index in [1.807, 2.05) is 0 Å². The van der Waals surface area contributed by atoms with Gasteiger partial charge in [-0.05, 0) is 17.7 Å². The zero-order chi connectivity index (χ0) is 23.8. The van der Waals surface area contributed by atoms with Gasteiger partial charge in [-0.25, -0.2) is 13.9 Å². The summed E-state index contributed by atoms with van der Waals surface area (Å²) in [6, 6.07) is 5.95. The molecule has 0 atom stereocenters. The summed E-state index contributed by atoms with van der Waals surface area (Å²) in [6.07, 6.45) is -3.74. The maximum absolute atomic E-state index is 14.0. The number of benzene rings is 1. The van der Waals surface area contributed by atoms with Gasteiger partial charge in [-0.2, -0.15) is 18.3 Å². The second kappa shape index (κ2) is 8.48. The second-order valence-corrected chi connectivity index (χ2v) is 7.18. The number of Topliss-reactive ketones (excluding diaryl/α,β-unsaturated/α-hetero) is 1. The van der Waals surface area contributed by atoms with Gasteiger partial charge >= 0.3 is 6.18 Å². The van der Waals surface area contributed by atoms with Crippen LogP contribution in [-0.4, -0.2) is 51.5 Å². The maximum Gasteiger partial charge on any atom is 0.405 e. The summed E-state index contributed by atoms with van der Waals surface area (Å²) in [7, 11) is 0. The molecule has 0 saturated carbocycles. The average molecular weight is 465 g/mol. The van der Waals surface area contributed by atoms with Crippen LogP contribution in [0.1, 0.15) is 32.1 Å². The highest BCUT2D eigenvalue weighted by Crippen LogP contribution is 2.24. The van der Waals surface area contributed by atoms with E-state index in [-0.39, 0.29) is 25.4 Å². The van der Waals surface area contributed by atoms with E-state index in [9.17, 15) is 31.9 Å². The molecule has 0 radical (unpaired) electrons. The maximum atomic E-state index is 14.0. The molecule has 3 heterocycles. The molecule has 2 aromatic heterocycles. The van der Waals surface area contributed by atoms with E-state index in [1.165, 1.54) is 0 Å². The minimum absolute atomic E-state index is 0.00126. The van der Waals surface area contributed by atoms with Crippen molar-refractivity contribution in [2.45, 2.75) is 19.1 Å². The first-order chi connectivity index (χ1) is 15.6. The Morgan fingerprint density at radius 2 is 1.94 bits per heavy atom. The first-order valence-corrected chi connectivity index (χ1v) is 9.54. The van der Waals surface area contributed by atoms with Gasteiger partial charge in [0, 0.05) is 24.6 Å². The van der Waals surface area contributed by atoms with Crippen molar-refractivity contribution in [1.82, 2.24) is 25.2 Å². The molecule has 2 N–H and O–H groups in total. The Bertz CT molecular complexity index is 1270. The molecule has 1 aliphatic heterocycles. The molecular weight excluding hydrogens is 450 g/mol. The Kier molecular flexibility index (Phi) is 5.70. The van der Waals surface area contributed by atoms with Crippen molar-refractivity contribution in [1.29, 1.82) is 0 Å². The standard InChI is InChI=1S/C20H15F4N5O4/c21-13-7-27-29-15(19(32)26-9-20(22,23)24)5-14(28-17(13)29)18(31)25-6-10-1-2-16-11(3-10)4-12(30)8-33-16/h1-3,5,7H,4,6,8-9H2,(H,25,31)(H,26,32). The molecule has 0 bridgehead atoms. The summed E-state index contributed by atoms with van der Waals surface area (Å²) < 4.78 is 57.4. The van der Waals surface area contributed by atoms with Gasteiger partial charge < -0.3 is 15.4 Å². The van der Waals surface area contributed by atoms with Gasteiger partial charge in [-0.1, -0.05) is 6.07 Å². The largest absolute Gasteiger partial charge is 0.486 e. The molecule has 2 amide bonds. The Morgan fingerprint density at radius 1 is 1.15 bits per heavy atom. The van der Waals surface area contributed by atoms with Crippen molar-refractivity contribution >= 4 is 23.2 Å². The van der Waals surface area contributed by atoms with E-state index in [0.717, 1.165) is 12.3 Å². The molecule has 0 aliphatic carbocycles. The lowest BCUT2D eigenvalue weighted by Gasteiger charge is -2.17. The van der Waals surface area contributed by atoms with Crippen LogP contribution in [0.15, 0.2) is 30.5 Å². The minimum Gasteiger partial charge on any atom is -0.486 e. The molecule has 1 aromatic carbocycles. The van der Waals surface area contributed by atoms with Gasteiger partial charge in [0.1, 0.15) is 30.3 Å². The zero-order valence-electron chi connectivity index (χ0n) is 16.7. The molecule has 0 unspecified atom stereocenters. The number of carbonyl (C=O) groups is 3. The first kappa shape index (κ1) is 22.2. The van der Waals surface area contributed by atoms with E-state index in [1.54, 1.807) is 23.5 Å². The molecule has 0 saturated heterocycles. The van der Waals surface area contributed by atoms with Gasteiger partial charge in [-0.3, -0.25) is 14.4 Å². The highest BCUT2D eigenvalue weighted by atomic mass is 19.4. The number of nitrogens with zero attached hydrogens (tertiary/aromatic N) is 3. The number of fused-ring (bicyclic) bond motifs is 2. The summed E-state index contributed by atoms with van der Waals surface area (Å²) in [4.78, 5) is 40.2. The molecule has 172 valence electrons. The minimum atomic E-state index is -4.66. The van der Waals surface area contributed by atoms with E-state index in [2.05, 4.69) is 15.4 Å². The number of nitrogens with one attached hydrogen (secondary N) is 2. The Balaban J connectivity index is 1.54. The number of hydrogen-bond donors (Lipinski definition) is 2. The molecule has 33 heavy (non-hydrogen) atoms. The summed E-state index contributed by atoms with van der Waals surface area (Å²) in [5, 5.41) is 7.78. The number of ketones is 1. The average Bonchev–Trinajstić information content (AvgIpc) is 3.15. The van der Waals surface area contributed by atoms with Crippen LogP contribution in [0.2, 0.25) is 0 Å². The number of rotatable bonds is 5. The predicted octanol–water partition coefficient (Wildman–Crippen LogP) is 1.59. The summed E-state index contributed by atoms with van der Waals surface area (Å²) in [5.74, 6) is -2.49. The van der Waals surface area contributed by atoms with Crippen molar-refractivity contribution in [3.8, 4) is 5.75 Å². The Labute approximate surface area is 182 Å². The van der Waals surface area contributed by atoms with Crippen LogP contribution in [0.25, 0.3) is 5.65 Å². The SMILES string of the molecule is O=C1COc2ccc(CNC(=O)c3cc(C(=O)NCC(F)(F)F)n4ncc(F)c4n3)cc2C1. The topological polar surface area (TPSA) is 115 Å². The highest BCUT2D eigenvalue weighted by Gasteiger charge is 2.29. The van der Waals surface area contributed by atoms with Crippen LogP contribution in [0.4, 0.5) is 17.6 Å². The molecule has 13 heteroatoms. The van der Waals surface area contributed by atoms with Crippen molar-refractivity contribution in [2.24, 2.45) is 0 Å². The Morgan fingerprint density at radius 3 is 2.70 bits per heavy atom. The van der Waals surface area contributed by atoms with Crippen molar-refractivity contribution in [2.75, 3.05) is 13.2 Å². The van der Waals surface area contributed by atoms with Crippen LogP contribution in [0, 0.1) is 5.82 Å². The van der Waals surface area contributed by atoms with Crippen molar-refractivity contribution in [3.63, 3.8) is 0 Å². The third-order valence-electron chi connectivity index (χ3n) is 4.70. The van der Waals surface area contributed by atoms with Crippen LogP contribution in [0.3, 0.4) is 0 Å². The summed E-state index contributed by atoms with van der Waals surface area (Å²) in [6.45, 7) is -1.61. The van der Waals surface area contributed by atoms with Gasteiger partial charge in [0.15, 0.2) is 17.2 Å². The van der Waals surface area contributed by atoms with Crippen LogP contribution in [0.5, 0.6) is 5.75 Å². The predicted molar refractivity (Wildman–Crippen MR) is 103 cm³/mol. The normalized spacial score (nSPS) is 13.4. The molecular formula is C20H15F4N5O4. The number of alkyl halides is 3. The third-order valence-corrected chi connectivity index (χ3v) is 4.70. The zero-order valence-corrected chi connectivity index (χ0v) is 16.7. The second-order valence-electron chi connectivity index (χ2n) is 7.18. The quantitative estimate of drug-likeness (QED) is 0.554. The molecule has 4 rings (SSSR count). The number of carbonyl (C=O) groups excluding carboxylic acids is 3. The molecule has 0 spiro atoms. The molecule has 3 aromatic rings. The number of amides is 2. The van der Waals surface area contributed by atoms with Gasteiger partial charge in [0.25, 0.3) is 11.8 Å². The van der Waals surface area contributed by atoms with Crippen molar-refractivity contribution in [3.05, 3.63) is 58.8 Å². The fraction of sp³-hybridized carbons (Fsp3) is 0.250. The fourth-order valence-corrected chi connectivity index (χ4v) is 3.20. The number of halogens is 4. The van der Waals surface area contributed by atoms with E-state index in [4.69, 9.17) is 4.74 Å². The number of ether oxygens (including phenoxy) is 1. The third kappa shape index (κ3) is 4.91. The molecule has 0 fully saturated rings. The lowest BCUT2D eigenvalue weighted by Crippen LogP contribution is -2.35. The van der Waals surface area contributed by atoms with Gasteiger partial charge in [-0.15, -0.1) is 0 Å². The van der Waals surface area contributed by atoms with Crippen LogP contribution >= 0.6 is 0 Å². The first-order valence-electron chi connectivity index (χ1n) is 9.54. The molecule has 1 aliphatic rings. The monoisotopic (exact) mass is 465 g/mol. The molecule has 9 nitrogen and oxygen atoms in total.